The standard InChI is InChI=1S/C24H18F6N4OS2/c1-14-4-6-18(7-5-14)34-20(12-19-3-2-8-36-19)32-33-22(34)37-13-21(35)31-17-10-15(23(25,26)27)9-16(11-17)24(28,29)30/h2-11H,12-13H2,1H3,(H,31,35). The molecule has 0 unspecified atom stereocenters. The van der Waals surface area contributed by atoms with Gasteiger partial charge in [-0.15, -0.1) is 21.5 Å². The average Bonchev–Trinajstić information content (AvgIpc) is 3.47. The molecule has 4 aromatic rings. The molecule has 13 heteroatoms. The topological polar surface area (TPSA) is 59.8 Å². The quantitative estimate of drug-likeness (QED) is 0.197. The van der Waals surface area contributed by atoms with Crippen LogP contribution in [0, 0.1) is 6.92 Å². The second kappa shape index (κ2) is 10.6. The molecule has 0 aliphatic carbocycles. The summed E-state index contributed by atoms with van der Waals surface area (Å²) in [5.41, 5.74) is -1.85. The van der Waals surface area contributed by atoms with Crippen LogP contribution in [0.3, 0.4) is 0 Å². The number of benzene rings is 2. The molecule has 0 saturated heterocycles. The van der Waals surface area contributed by atoms with E-state index in [0.717, 1.165) is 27.9 Å². The SMILES string of the molecule is Cc1ccc(-n2c(Cc3cccs3)nnc2SCC(=O)Nc2cc(C(F)(F)F)cc(C(F)(F)F)c2)cc1. The zero-order valence-corrected chi connectivity index (χ0v) is 20.7. The van der Waals surface area contributed by atoms with Crippen molar-refractivity contribution in [1.29, 1.82) is 0 Å². The van der Waals surface area contributed by atoms with E-state index in [1.54, 1.807) is 15.9 Å². The number of thiophene rings is 1. The van der Waals surface area contributed by atoms with Crippen LogP contribution in [0.1, 0.15) is 27.4 Å². The molecular formula is C24H18F6N4OS2. The summed E-state index contributed by atoms with van der Waals surface area (Å²) in [6, 6.07) is 12.3. The van der Waals surface area contributed by atoms with E-state index in [9.17, 15) is 31.1 Å². The molecule has 0 saturated carbocycles. The van der Waals surface area contributed by atoms with Gasteiger partial charge < -0.3 is 5.32 Å². The van der Waals surface area contributed by atoms with Crippen LogP contribution < -0.4 is 5.32 Å². The van der Waals surface area contributed by atoms with Gasteiger partial charge in [-0.05, 0) is 48.7 Å². The summed E-state index contributed by atoms with van der Waals surface area (Å²) in [6.07, 6.45) is -9.55. The Kier molecular flexibility index (Phi) is 7.64. The van der Waals surface area contributed by atoms with Gasteiger partial charge in [0.2, 0.25) is 5.91 Å². The first kappa shape index (κ1) is 26.7. The number of rotatable bonds is 7. The molecular weight excluding hydrogens is 538 g/mol. The second-order valence-corrected chi connectivity index (χ2v) is 9.93. The van der Waals surface area contributed by atoms with Gasteiger partial charge in [0, 0.05) is 22.7 Å². The maximum absolute atomic E-state index is 13.1. The van der Waals surface area contributed by atoms with Crippen molar-refractivity contribution in [2.75, 3.05) is 11.1 Å². The molecule has 5 nitrogen and oxygen atoms in total. The Morgan fingerprint density at radius 2 is 1.62 bits per heavy atom. The third-order valence-corrected chi connectivity index (χ3v) is 6.91. The number of carbonyl (C=O) groups excluding carboxylic acids is 1. The lowest BCUT2D eigenvalue weighted by atomic mass is 10.1. The van der Waals surface area contributed by atoms with Crippen LogP contribution >= 0.6 is 23.1 Å². The van der Waals surface area contributed by atoms with Crippen molar-refractivity contribution in [1.82, 2.24) is 14.8 Å². The largest absolute Gasteiger partial charge is 0.416 e. The third kappa shape index (κ3) is 6.72. The number of halogens is 6. The van der Waals surface area contributed by atoms with Crippen LogP contribution in [-0.2, 0) is 23.6 Å². The van der Waals surface area contributed by atoms with E-state index < -0.39 is 35.1 Å². The fraction of sp³-hybridized carbons (Fsp3) is 0.208. The lowest BCUT2D eigenvalue weighted by molar-refractivity contribution is -0.143. The molecule has 2 aromatic carbocycles. The predicted octanol–water partition coefficient (Wildman–Crippen LogP) is 7.00. The first-order valence-electron chi connectivity index (χ1n) is 10.7. The summed E-state index contributed by atoms with van der Waals surface area (Å²) in [4.78, 5) is 13.6. The number of aromatic nitrogens is 3. The lowest BCUT2D eigenvalue weighted by Gasteiger charge is -2.15. The van der Waals surface area contributed by atoms with Crippen molar-refractivity contribution in [2.45, 2.75) is 30.9 Å². The molecule has 0 radical (unpaired) electrons. The molecule has 0 bridgehead atoms. The van der Waals surface area contributed by atoms with Gasteiger partial charge in [0.25, 0.3) is 0 Å². The minimum atomic E-state index is -5.01. The number of amides is 1. The van der Waals surface area contributed by atoms with Crippen LogP contribution in [0.25, 0.3) is 5.69 Å². The summed E-state index contributed by atoms with van der Waals surface area (Å²) in [5.74, 6) is -0.502. The summed E-state index contributed by atoms with van der Waals surface area (Å²) < 4.78 is 80.4. The van der Waals surface area contributed by atoms with Gasteiger partial charge in [-0.1, -0.05) is 35.5 Å². The number of hydrogen-bond acceptors (Lipinski definition) is 5. The maximum atomic E-state index is 13.1. The van der Waals surface area contributed by atoms with E-state index in [-0.39, 0.29) is 11.8 Å². The minimum Gasteiger partial charge on any atom is -0.325 e. The Balaban J connectivity index is 1.55. The minimum absolute atomic E-state index is 0.00355. The number of nitrogens with zero attached hydrogens (tertiary/aromatic N) is 3. The van der Waals surface area contributed by atoms with Gasteiger partial charge in [-0.2, -0.15) is 26.3 Å². The monoisotopic (exact) mass is 556 g/mol. The molecule has 2 heterocycles. The van der Waals surface area contributed by atoms with Crippen molar-refractivity contribution < 1.29 is 31.1 Å². The van der Waals surface area contributed by atoms with Crippen LogP contribution in [-0.4, -0.2) is 26.4 Å². The van der Waals surface area contributed by atoms with Crippen LogP contribution in [0.2, 0.25) is 0 Å². The molecule has 2 aromatic heterocycles. The predicted molar refractivity (Wildman–Crippen MR) is 129 cm³/mol. The van der Waals surface area contributed by atoms with Gasteiger partial charge in [0.15, 0.2) is 5.16 Å². The Morgan fingerprint density at radius 1 is 0.973 bits per heavy atom. The van der Waals surface area contributed by atoms with E-state index in [0.29, 0.717) is 29.5 Å². The van der Waals surface area contributed by atoms with Crippen LogP contribution in [0.5, 0.6) is 0 Å². The van der Waals surface area contributed by atoms with Gasteiger partial charge in [0.05, 0.1) is 16.9 Å². The molecule has 0 fully saturated rings. The molecule has 0 aliphatic rings. The normalized spacial score (nSPS) is 12.1. The molecule has 37 heavy (non-hydrogen) atoms. The van der Waals surface area contributed by atoms with Gasteiger partial charge in [-0.3, -0.25) is 9.36 Å². The number of alkyl halides is 6. The van der Waals surface area contributed by atoms with Crippen LogP contribution in [0.15, 0.2) is 65.1 Å². The summed E-state index contributed by atoms with van der Waals surface area (Å²) in [7, 11) is 0. The Bertz CT molecular complexity index is 1350. The van der Waals surface area contributed by atoms with Crippen molar-refractivity contribution in [3.05, 3.63) is 87.4 Å². The lowest BCUT2D eigenvalue weighted by Crippen LogP contribution is -2.17. The highest BCUT2D eigenvalue weighted by molar-refractivity contribution is 7.99. The Morgan fingerprint density at radius 3 is 2.19 bits per heavy atom. The highest BCUT2D eigenvalue weighted by Crippen LogP contribution is 2.37. The zero-order chi connectivity index (χ0) is 26.8. The third-order valence-electron chi connectivity index (χ3n) is 5.11. The molecule has 0 spiro atoms. The molecule has 194 valence electrons. The Labute approximate surface area is 215 Å². The molecule has 0 atom stereocenters. The Hall–Kier alpha value is -3.32. The average molecular weight is 557 g/mol. The zero-order valence-electron chi connectivity index (χ0n) is 19.0. The highest BCUT2D eigenvalue weighted by atomic mass is 32.2. The second-order valence-electron chi connectivity index (χ2n) is 7.96. The molecule has 1 amide bonds. The van der Waals surface area contributed by atoms with Gasteiger partial charge in [-0.25, -0.2) is 0 Å². The molecule has 1 N–H and O–H groups in total. The number of anilines is 1. The number of aryl methyl sites for hydroxylation is 1. The summed E-state index contributed by atoms with van der Waals surface area (Å²) in [6.45, 7) is 1.93. The number of carbonyl (C=O) groups is 1. The highest BCUT2D eigenvalue weighted by Gasteiger charge is 2.37. The van der Waals surface area contributed by atoms with E-state index >= 15 is 0 Å². The number of nitrogens with one attached hydrogen (secondary N) is 1. The molecule has 0 aliphatic heterocycles. The molecule has 4 rings (SSSR count). The van der Waals surface area contributed by atoms with Gasteiger partial charge >= 0.3 is 12.4 Å². The van der Waals surface area contributed by atoms with Gasteiger partial charge in [0.1, 0.15) is 5.82 Å². The van der Waals surface area contributed by atoms with E-state index in [1.807, 2.05) is 48.7 Å². The summed E-state index contributed by atoms with van der Waals surface area (Å²) >= 11 is 2.51. The van der Waals surface area contributed by atoms with E-state index in [1.165, 1.54) is 0 Å². The van der Waals surface area contributed by atoms with Crippen molar-refractivity contribution in [3.63, 3.8) is 0 Å². The first-order valence-corrected chi connectivity index (χ1v) is 12.5. The van der Waals surface area contributed by atoms with E-state index in [4.69, 9.17) is 0 Å². The first-order chi connectivity index (χ1) is 17.4. The maximum Gasteiger partial charge on any atom is 0.416 e. The summed E-state index contributed by atoms with van der Waals surface area (Å²) in [5, 5.41) is 12.8. The fourth-order valence-electron chi connectivity index (χ4n) is 3.38. The number of thioether (sulfide) groups is 1. The fourth-order valence-corrected chi connectivity index (χ4v) is 4.86. The van der Waals surface area contributed by atoms with E-state index in [2.05, 4.69) is 15.5 Å². The van der Waals surface area contributed by atoms with Crippen molar-refractivity contribution >= 4 is 34.7 Å². The smallest absolute Gasteiger partial charge is 0.325 e. The number of hydrogen-bond donors (Lipinski definition) is 1. The van der Waals surface area contributed by atoms with Crippen molar-refractivity contribution in [2.24, 2.45) is 0 Å². The van der Waals surface area contributed by atoms with Crippen LogP contribution in [0.4, 0.5) is 32.0 Å². The van der Waals surface area contributed by atoms with Crippen molar-refractivity contribution in [3.8, 4) is 5.69 Å².